The van der Waals surface area contributed by atoms with Crippen LogP contribution in [0.25, 0.3) is 0 Å². The summed E-state index contributed by atoms with van der Waals surface area (Å²) in [6, 6.07) is 9.58. The topological polar surface area (TPSA) is 94.8 Å². The van der Waals surface area contributed by atoms with Crippen LogP contribution in [0.3, 0.4) is 0 Å². The molecule has 4 rings (SSSR count). The molecular formula is C18H20N6O2S2. The number of anilines is 1. The van der Waals surface area contributed by atoms with Crippen LogP contribution in [0, 0.1) is 0 Å². The van der Waals surface area contributed by atoms with Gasteiger partial charge in [0.2, 0.25) is 11.0 Å². The Bertz CT molecular complexity index is 954. The summed E-state index contributed by atoms with van der Waals surface area (Å²) in [5.41, 5.74) is 0. The van der Waals surface area contributed by atoms with Crippen molar-refractivity contribution < 1.29 is 9.53 Å². The number of benzene rings is 1. The highest BCUT2D eigenvalue weighted by atomic mass is 32.2. The van der Waals surface area contributed by atoms with Crippen LogP contribution in [-0.4, -0.2) is 36.6 Å². The fourth-order valence-electron chi connectivity index (χ4n) is 2.63. The van der Waals surface area contributed by atoms with E-state index in [4.69, 9.17) is 4.74 Å². The van der Waals surface area contributed by atoms with E-state index in [1.54, 1.807) is 0 Å². The van der Waals surface area contributed by atoms with Crippen molar-refractivity contribution in [3.05, 3.63) is 41.2 Å². The molecule has 1 fully saturated rings. The summed E-state index contributed by atoms with van der Waals surface area (Å²) in [4.78, 5) is 12.2. The van der Waals surface area contributed by atoms with Gasteiger partial charge in [0.25, 0.3) is 0 Å². The molecule has 0 bridgehead atoms. The van der Waals surface area contributed by atoms with Crippen LogP contribution in [0.2, 0.25) is 0 Å². The molecule has 1 saturated carbocycles. The second-order valence-corrected chi connectivity index (χ2v) is 8.48. The predicted molar refractivity (Wildman–Crippen MR) is 108 cm³/mol. The first-order chi connectivity index (χ1) is 13.6. The molecule has 1 aliphatic rings. The first kappa shape index (κ1) is 18.9. The highest BCUT2D eigenvalue weighted by molar-refractivity contribution is 7.99. The van der Waals surface area contributed by atoms with Crippen molar-refractivity contribution in [3.8, 4) is 5.75 Å². The Kier molecular flexibility index (Phi) is 5.58. The number of carbonyl (C=O) groups is 1. The molecule has 8 nitrogen and oxygen atoms in total. The molecule has 146 valence electrons. The summed E-state index contributed by atoms with van der Waals surface area (Å²) in [5, 5.41) is 21.6. The molecule has 0 aliphatic heterocycles. The normalized spacial score (nSPS) is 14.6. The van der Waals surface area contributed by atoms with Crippen LogP contribution in [0.15, 0.2) is 35.5 Å². The molecule has 1 atom stereocenters. The van der Waals surface area contributed by atoms with E-state index in [2.05, 4.69) is 25.7 Å². The Hall–Kier alpha value is -2.46. The SMILES string of the molecule is C[C@@H](Oc1ccccc1)c1nnc(SCC(=O)Nc2nnc(C3CC3)s2)n1C. The van der Waals surface area contributed by atoms with Crippen LogP contribution in [0.5, 0.6) is 5.75 Å². The summed E-state index contributed by atoms with van der Waals surface area (Å²) < 4.78 is 7.75. The van der Waals surface area contributed by atoms with E-state index >= 15 is 0 Å². The molecule has 1 N–H and O–H groups in total. The number of carbonyl (C=O) groups excluding carboxylic acids is 1. The second-order valence-electron chi connectivity index (χ2n) is 6.53. The van der Waals surface area contributed by atoms with E-state index in [1.807, 2.05) is 48.9 Å². The number of thioether (sulfide) groups is 1. The zero-order valence-electron chi connectivity index (χ0n) is 15.5. The van der Waals surface area contributed by atoms with Crippen molar-refractivity contribution in [2.24, 2.45) is 7.05 Å². The van der Waals surface area contributed by atoms with E-state index in [9.17, 15) is 4.79 Å². The third kappa shape index (κ3) is 4.50. The third-order valence-electron chi connectivity index (χ3n) is 4.23. The number of amides is 1. The molecule has 0 spiro atoms. The summed E-state index contributed by atoms with van der Waals surface area (Å²) in [6.45, 7) is 1.92. The highest BCUT2D eigenvalue weighted by Gasteiger charge is 2.27. The Morgan fingerprint density at radius 3 is 2.82 bits per heavy atom. The lowest BCUT2D eigenvalue weighted by atomic mass is 10.3. The van der Waals surface area contributed by atoms with Gasteiger partial charge in [0, 0.05) is 13.0 Å². The van der Waals surface area contributed by atoms with E-state index in [1.165, 1.54) is 35.9 Å². The van der Waals surface area contributed by atoms with Gasteiger partial charge in [-0.25, -0.2) is 0 Å². The minimum Gasteiger partial charge on any atom is -0.483 e. The summed E-state index contributed by atoms with van der Waals surface area (Å²) in [6.07, 6.45) is 2.07. The number of nitrogens with zero attached hydrogens (tertiary/aromatic N) is 5. The monoisotopic (exact) mass is 416 g/mol. The molecular weight excluding hydrogens is 396 g/mol. The molecule has 1 amide bonds. The minimum absolute atomic E-state index is 0.137. The van der Waals surface area contributed by atoms with Gasteiger partial charge in [0.15, 0.2) is 17.1 Å². The Morgan fingerprint density at radius 2 is 2.07 bits per heavy atom. The number of nitrogens with one attached hydrogen (secondary N) is 1. The van der Waals surface area contributed by atoms with Crippen molar-refractivity contribution in [1.29, 1.82) is 0 Å². The van der Waals surface area contributed by atoms with Gasteiger partial charge in [-0.15, -0.1) is 20.4 Å². The van der Waals surface area contributed by atoms with Crippen molar-refractivity contribution in [2.75, 3.05) is 11.1 Å². The Labute approximate surface area is 170 Å². The zero-order chi connectivity index (χ0) is 19.5. The molecule has 10 heteroatoms. The van der Waals surface area contributed by atoms with E-state index in [-0.39, 0.29) is 17.8 Å². The predicted octanol–water partition coefficient (Wildman–Crippen LogP) is 3.41. The number of ether oxygens (including phenoxy) is 1. The average molecular weight is 417 g/mol. The molecule has 1 aliphatic carbocycles. The van der Waals surface area contributed by atoms with Crippen LogP contribution in [-0.2, 0) is 11.8 Å². The van der Waals surface area contributed by atoms with E-state index < -0.39 is 0 Å². The van der Waals surface area contributed by atoms with Gasteiger partial charge >= 0.3 is 0 Å². The van der Waals surface area contributed by atoms with Gasteiger partial charge in [0.05, 0.1) is 5.75 Å². The quantitative estimate of drug-likeness (QED) is 0.562. The molecule has 0 radical (unpaired) electrons. The van der Waals surface area contributed by atoms with Gasteiger partial charge in [-0.2, -0.15) is 0 Å². The first-order valence-corrected chi connectivity index (χ1v) is 10.8. The molecule has 0 unspecified atom stereocenters. The molecule has 1 aromatic carbocycles. The maximum absolute atomic E-state index is 12.2. The molecule has 3 aromatic rings. The fourth-order valence-corrected chi connectivity index (χ4v) is 4.27. The lowest BCUT2D eigenvalue weighted by Gasteiger charge is -2.14. The maximum Gasteiger partial charge on any atom is 0.236 e. The lowest BCUT2D eigenvalue weighted by molar-refractivity contribution is -0.113. The van der Waals surface area contributed by atoms with Crippen LogP contribution in [0.1, 0.15) is 42.6 Å². The number of aromatic nitrogens is 5. The van der Waals surface area contributed by atoms with E-state index in [0.717, 1.165) is 10.8 Å². The second kappa shape index (κ2) is 8.27. The lowest BCUT2D eigenvalue weighted by Crippen LogP contribution is -2.14. The van der Waals surface area contributed by atoms with Crippen molar-refractivity contribution in [3.63, 3.8) is 0 Å². The van der Waals surface area contributed by atoms with Gasteiger partial charge < -0.3 is 9.30 Å². The Morgan fingerprint density at radius 1 is 1.29 bits per heavy atom. The first-order valence-electron chi connectivity index (χ1n) is 8.97. The van der Waals surface area contributed by atoms with Gasteiger partial charge in [-0.1, -0.05) is 41.3 Å². The number of hydrogen-bond donors (Lipinski definition) is 1. The average Bonchev–Trinajstić information content (AvgIpc) is 3.33. The smallest absolute Gasteiger partial charge is 0.236 e. The van der Waals surface area contributed by atoms with Crippen LogP contribution < -0.4 is 10.1 Å². The van der Waals surface area contributed by atoms with Crippen LogP contribution >= 0.6 is 23.1 Å². The standard InChI is InChI=1S/C18H20N6O2S2/c1-11(26-13-6-4-3-5-7-13)15-20-23-18(24(15)2)27-10-14(25)19-17-22-21-16(28-17)12-8-9-12/h3-7,11-12H,8-10H2,1-2H3,(H,19,22,25)/t11-/m1/s1. The minimum atomic E-state index is -0.259. The highest BCUT2D eigenvalue weighted by Crippen LogP contribution is 2.42. The van der Waals surface area contributed by atoms with Crippen molar-refractivity contribution in [1.82, 2.24) is 25.0 Å². The number of hydrogen-bond acceptors (Lipinski definition) is 8. The molecule has 0 saturated heterocycles. The number of para-hydroxylation sites is 1. The third-order valence-corrected chi connectivity index (χ3v) is 6.26. The zero-order valence-corrected chi connectivity index (χ0v) is 17.2. The largest absolute Gasteiger partial charge is 0.483 e. The molecule has 28 heavy (non-hydrogen) atoms. The summed E-state index contributed by atoms with van der Waals surface area (Å²) >= 11 is 2.77. The van der Waals surface area contributed by atoms with Crippen molar-refractivity contribution in [2.45, 2.75) is 36.9 Å². The maximum atomic E-state index is 12.2. The summed E-state index contributed by atoms with van der Waals surface area (Å²) in [7, 11) is 1.87. The van der Waals surface area contributed by atoms with Gasteiger partial charge in [0.1, 0.15) is 10.8 Å². The van der Waals surface area contributed by atoms with Gasteiger partial charge in [-0.3, -0.25) is 10.1 Å². The number of rotatable bonds is 8. The van der Waals surface area contributed by atoms with Crippen LogP contribution in [0.4, 0.5) is 5.13 Å². The summed E-state index contributed by atoms with van der Waals surface area (Å²) in [5.74, 6) is 2.09. The molecule has 2 aromatic heterocycles. The van der Waals surface area contributed by atoms with Gasteiger partial charge in [-0.05, 0) is 31.9 Å². The molecule has 2 heterocycles. The Balaban J connectivity index is 1.31. The van der Waals surface area contributed by atoms with Crippen molar-refractivity contribution >= 4 is 34.1 Å². The van der Waals surface area contributed by atoms with E-state index in [0.29, 0.717) is 22.0 Å². The fraction of sp³-hybridized carbons (Fsp3) is 0.389.